The molecule has 1 aromatic carbocycles. The molecule has 1 heterocycles. The lowest BCUT2D eigenvalue weighted by molar-refractivity contribution is -0.149. The molecule has 0 unspecified atom stereocenters. The van der Waals surface area contributed by atoms with Crippen molar-refractivity contribution >= 4 is 11.9 Å². The van der Waals surface area contributed by atoms with Crippen LogP contribution in [0.4, 0.5) is 8.78 Å². The van der Waals surface area contributed by atoms with E-state index in [-0.39, 0.29) is 24.3 Å². The Morgan fingerprint density at radius 3 is 2.70 bits per heavy atom. The number of carbonyl (C=O) groups is 2. The summed E-state index contributed by atoms with van der Waals surface area (Å²) in [7, 11) is 1.32. The third kappa shape index (κ3) is 2.43. The molecule has 7 heteroatoms. The highest BCUT2D eigenvalue weighted by molar-refractivity contribution is 5.97. The highest BCUT2D eigenvalue weighted by Gasteiger charge is 2.47. The molecule has 1 saturated heterocycles. The normalized spacial score (nSPS) is 21.9. The average Bonchev–Trinajstić information content (AvgIpc) is 2.82. The molecule has 5 nitrogen and oxygen atoms in total. The van der Waals surface area contributed by atoms with E-state index in [1.54, 1.807) is 0 Å². The molecule has 2 rings (SSSR count). The maximum absolute atomic E-state index is 13.9. The SMILES string of the molecule is COc1ccc(F)cc1C(=O)N1CC[C@@](F)(C(=O)O)C1. The summed E-state index contributed by atoms with van der Waals surface area (Å²) in [6.45, 7) is -0.595. The average molecular weight is 285 g/mol. The molecule has 0 radical (unpaired) electrons. The maximum Gasteiger partial charge on any atom is 0.343 e. The van der Waals surface area contributed by atoms with Crippen LogP contribution in [0.15, 0.2) is 18.2 Å². The number of carboxylic acid groups (broad SMARTS) is 1. The van der Waals surface area contributed by atoms with Crippen molar-refractivity contribution < 1.29 is 28.2 Å². The van der Waals surface area contributed by atoms with Crippen LogP contribution in [0.25, 0.3) is 0 Å². The fourth-order valence-corrected chi connectivity index (χ4v) is 2.14. The Hall–Kier alpha value is -2.18. The quantitative estimate of drug-likeness (QED) is 0.913. The van der Waals surface area contributed by atoms with Crippen LogP contribution in [-0.4, -0.2) is 47.8 Å². The summed E-state index contributed by atoms with van der Waals surface area (Å²) in [6.07, 6.45) is -0.286. The molecule has 0 aromatic heterocycles. The number of methoxy groups -OCH3 is 1. The van der Waals surface area contributed by atoms with Crippen molar-refractivity contribution in [3.05, 3.63) is 29.6 Å². The van der Waals surface area contributed by atoms with Crippen LogP contribution in [0.3, 0.4) is 0 Å². The van der Waals surface area contributed by atoms with Crippen molar-refractivity contribution in [2.45, 2.75) is 12.1 Å². The Bertz CT molecular complexity index is 563. The lowest BCUT2D eigenvalue weighted by atomic mass is 10.1. The molecule has 1 aliphatic rings. The second-order valence-corrected chi connectivity index (χ2v) is 4.59. The second kappa shape index (κ2) is 5.07. The van der Waals surface area contributed by atoms with E-state index in [9.17, 15) is 18.4 Å². The zero-order chi connectivity index (χ0) is 14.9. The lowest BCUT2D eigenvalue weighted by Gasteiger charge is -2.19. The number of amides is 1. The highest BCUT2D eigenvalue weighted by atomic mass is 19.1. The van der Waals surface area contributed by atoms with Crippen molar-refractivity contribution in [1.82, 2.24) is 4.90 Å². The van der Waals surface area contributed by atoms with Crippen molar-refractivity contribution in [3.8, 4) is 5.75 Å². The fraction of sp³-hybridized carbons (Fsp3) is 0.385. The van der Waals surface area contributed by atoms with Gasteiger partial charge in [-0.1, -0.05) is 0 Å². The van der Waals surface area contributed by atoms with Gasteiger partial charge < -0.3 is 14.7 Å². The van der Waals surface area contributed by atoms with E-state index in [4.69, 9.17) is 9.84 Å². The minimum absolute atomic E-state index is 0.0404. The Morgan fingerprint density at radius 2 is 2.15 bits per heavy atom. The van der Waals surface area contributed by atoms with Gasteiger partial charge in [0, 0.05) is 13.0 Å². The van der Waals surface area contributed by atoms with Gasteiger partial charge >= 0.3 is 5.97 Å². The van der Waals surface area contributed by atoms with Crippen LogP contribution < -0.4 is 4.74 Å². The number of hydrogen-bond donors (Lipinski definition) is 1. The maximum atomic E-state index is 13.9. The van der Waals surface area contributed by atoms with Gasteiger partial charge in [0.25, 0.3) is 5.91 Å². The van der Waals surface area contributed by atoms with Crippen LogP contribution in [0.1, 0.15) is 16.8 Å². The summed E-state index contributed by atoms with van der Waals surface area (Å²) in [5.41, 5.74) is -2.50. The first kappa shape index (κ1) is 14.2. The summed E-state index contributed by atoms with van der Waals surface area (Å²) >= 11 is 0. The van der Waals surface area contributed by atoms with E-state index in [0.717, 1.165) is 17.0 Å². The molecule has 0 aliphatic carbocycles. The van der Waals surface area contributed by atoms with Crippen molar-refractivity contribution in [3.63, 3.8) is 0 Å². The van der Waals surface area contributed by atoms with Crippen LogP contribution in [0, 0.1) is 5.82 Å². The molecule has 1 aromatic rings. The zero-order valence-corrected chi connectivity index (χ0v) is 10.7. The van der Waals surface area contributed by atoms with Gasteiger partial charge in [0.2, 0.25) is 5.67 Å². The van der Waals surface area contributed by atoms with E-state index in [0.29, 0.717) is 0 Å². The molecule has 1 amide bonds. The summed E-state index contributed by atoms with van der Waals surface area (Å²) in [5, 5.41) is 8.79. The Balaban J connectivity index is 2.25. The van der Waals surface area contributed by atoms with Crippen molar-refractivity contribution in [2.24, 2.45) is 0 Å². The Kier molecular flexibility index (Phi) is 3.61. The standard InChI is InChI=1S/C13H13F2NO4/c1-20-10-3-2-8(14)6-9(10)11(17)16-5-4-13(15,7-16)12(18)19/h2-3,6H,4-5,7H2,1H3,(H,18,19)/t13-/m0/s1. The van der Waals surface area contributed by atoms with Gasteiger partial charge in [0.15, 0.2) is 0 Å². The summed E-state index contributed by atoms with van der Waals surface area (Å²) in [4.78, 5) is 24.1. The van der Waals surface area contributed by atoms with Gasteiger partial charge in [0.05, 0.1) is 19.2 Å². The number of alkyl halides is 1. The second-order valence-electron chi connectivity index (χ2n) is 4.59. The molecule has 0 saturated carbocycles. The number of halogens is 2. The van der Waals surface area contributed by atoms with Crippen LogP contribution >= 0.6 is 0 Å². The number of hydrogen-bond acceptors (Lipinski definition) is 3. The number of carbonyl (C=O) groups excluding carboxylic acids is 1. The van der Waals surface area contributed by atoms with Crippen LogP contribution in [-0.2, 0) is 4.79 Å². The van der Waals surface area contributed by atoms with Gasteiger partial charge in [-0.25, -0.2) is 13.6 Å². The van der Waals surface area contributed by atoms with E-state index in [2.05, 4.69) is 0 Å². The van der Waals surface area contributed by atoms with E-state index < -0.39 is 29.9 Å². The summed E-state index contributed by atoms with van der Waals surface area (Å²) in [6, 6.07) is 3.41. The monoisotopic (exact) mass is 285 g/mol. The number of aliphatic carboxylic acids is 1. The molecule has 0 spiro atoms. The molecule has 0 bridgehead atoms. The molecular weight excluding hydrogens is 272 g/mol. The molecule has 20 heavy (non-hydrogen) atoms. The molecule has 108 valence electrons. The molecule has 1 atom stereocenters. The molecule has 1 N–H and O–H groups in total. The lowest BCUT2D eigenvalue weighted by Crippen LogP contribution is -2.39. The van der Waals surface area contributed by atoms with Crippen molar-refractivity contribution in [1.29, 1.82) is 0 Å². The zero-order valence-electron chi connectivity index (χ0n) is 10.7. The summed E-state index contributed by atoms with van der Waals surface area (Å²) < 4.78 is 32.1. The van der Waals surface area contributed by atoms with E-state index >= 15 is 0 Å². The Labute approximate surface area is 113 Å². The van der Waals surface area contributed by atoms with Gasteiger partial charge in [-0.15, -0.1) is 0 Å². The van der Waals surface area contributed by atoms with Gasteiger partial charge in [-0.2, -0.15) is 0 Å². The van der Waals surface area contributed by atoms with Gasteiger partial charge in [-0.3, -0.25) is 4.79 Å². The minimum Gasteiger partial charge on any atom is -0.496 e. The first-order valence-electron chi connectivity index (χ1n) is 5.92. The van der Waals surface area contributed by atoms with Crippen molar-refractivity contribution in [2.75, 3.05) is 20.2 Å². The number of ether oxygens (including phenoxy) is 1. The topological polar surface area (TPSA) is 66.8 Å². The minimum atomic E-state index is -2.45. The third-order valence-corrected chi connectivity index (χ3v) is 3.28. The third-order valence-electron chi connectivity index (χ3n) is 3.28. The van der Waals surface area contributed by atoms with Crippen LogP contribution in [0.5, 0.6) is 5.75 Å². The number of carboxylic acids is 1. The van der Waals surface area contributed by atoms with Gasteiger partial charge in [-0.05, 0) is 18.2 Å². The molecular formula is C13H13F2NO4. The van der Waals surface area contributed by atoms with Crippen LogP contribution in [0.2, 0.25) is 0 Å². The highest BCUT2D eigenvalue weighted by Crippen LogP contribution is 2.29. The van der Waals surface area contributed by atoms with Gasteiger partial charge in [0.1, 0.15) is 11.6 Å². The number of likely N-dealkylation sites (tertiary alicyclic amines) is 1. The number of benzene rings is 1. The number of rotatable bonds is 3. The Morgan fingerprint density at radius 1 is 1.45 bits per heavy atom. The van der Waals surface area contributed by atoms with E-state index in [1.165, 1.54) is 13.2 Å². The fourth-order valence-electron chi connectivity index (χ4n) is 2.14. The predicted molar refractivity (Wildman–Crippen MR) is 64.9 cm³/mol. The smallest absolute Gasteiger partial charge is 0.343 e. The van der Waals surface area contributed by atoms with E-state index in [1.807, 2.05) is 0 Å². The molecule has 1 fully saturated rings. The first-order valence-corrected chi connectivity index (χ1v) is 5.92. The summed E-state index contributed by atoms with van der Waals surface area (Å²) in [5.74, 6) is -2.72. The molecule has 1 aliphatic heterocycles. The largest absolute Gasteiger partial charge is 0.496 e. The number of nitrogens with zero attached hydrogens (tertiary/aromatic N) is 1. The predicted octanol–water partition coefficient (Wildman–Crippen LogP) is 1.47. The first-order chi connectivity index (χ1) is 9.37.